The Morgan fingerprint density at radius 2 is 2.18 bits per heavy atom. The lowest BCUT2D eigenvalue weighted by Crippen LogP contribution is -2.45. The molecule has 4 N–H and O–H groups in total. The first-order valence-corrected chi connectivity index (χ1v) is 5.00. The maximum absolute atomic E-state index is 11.6. The molecule has 0 spiro atoms. The number of nitrogens with one attached hydrogen (secondary N) is 2. The summed E-state index contributed by atoms with van der Waals surface area (Å²) in [5.41, 5.74) is 6.46. The molecule has 0 atom stereocenters. The highest BCUT2D eigenvalue weighted by molar-refractivity contribution is 5.98. The number of benzene rings is 1. The largest absolute Gasteiger partial charge is 0.324 e. The molecule has 0 aliphatic heterocycles. The SMILES string of the molecule is CC(C)(N)C(=O)Nc1ccc2[nH]ncc2c1.Cl. The number of aromatic nitrogens is 2. The van der Waals surface area contributed by atoms with E-state index >= 15 is 0 Å². The molecule has 0 saturated heterocycles. The Labute approximate surface area is 105 Å². The highest BCUT2D eigenvalue weighted by Crippen LogP contribution is 2.17. The number of hydrogen-bond acceptors (Lipinski definition) is 3. The van der Waals surface area contributed by atoms with Crippen molar-refractivity contribution >= 4 is 34.9 Å². The molecule has 1 aromatic carbocycles. The minimum atomic E-state index is -0.884. The molecule has 6 heteroatoms. The minimum Gasteiger partial charge on any atom is -0.324 e. The summed E-state index contributed by atoms with van der Waals surface area (Å²) < 4.78 is 0. The van der Waals surface area contributed by atoms with Crippen LogP contribution in [-0.4, -0.2) is 21.6 Å². The molecule has 1 amide bonds. The normalized spacial score (nSPS) is 11.0. The summed E-state index contributed by atoms with van der Waals surface area (Å²) >= 11 is 0. The molecule has 0 unspecified atom stereocenters. The smallest absolute Gasteiger partial charge is 0.243 e. The highest BCUT2D eigenvalue weighted by Gasteiger charge is 2.21. The maximum atomic E-state index is 11.6. The number of fused-ring (bicyclic) bond motifs is 1. The van der Waals surface area contributed by atoms with E-state index in [1.165, 1.54) is 0 Å². The van der Waals surface area contributed by atoms with Gasteiger partial charge in [0.25, 0.3) is 0 Å². The van der Waals surface area contributed by atoms with Gasteiger partial charge >= 0.3 is 0 Å². The second kappa shape index (κ2) is 4.73. The van der Waals surface area contributed by atoms with Gasteiger partial charge in [0.15, 0.2) is 0 Å². The van der Waals surface area contributed by atoms with Gasteiger partial charge < -0.3 is 11.1 Å². The molecule has 1 aromatic heterocycles. The monoisotopic (exact) mass is 254 g/mol. The molecule has 5 nitrogen and oxygen atoms in total. The topological polar surface area (TPSA) is 83.8 Å². The van der Waals surface area contributed by atoms with Crippen LogP contribution in [0.25, 0.3) is 10.9 Å². The van der Waals surface area contributed by atoms with Crippen LogP contribution >= 0.6 is 12.4 Å². The van der Waals surface area contributed by atoms with Gasteiger partial charge in [-0.25, -0.2) is 0 Å². The fraction of sp³-hybridized carbons (Fsp3) is 0.273. The standard InChI is InChI=1S/C11H14N4O.ClH/c1-11(2,12)10(16)14-8-3-4-9-7(5-8)6-13-15-9;/h3-6H,12H2,1-2H3,(H,13,15)(H,14,16);1H. The molecule has 92 valence electrons. The maximum Gasteiger partial charge on any atom is 0.243 e. The first kappa shape index (κ1) is 13.5. The van der Waals surface area contributed by atoms with Crippen molar-refractivity contribution in [2.45, 2.75) is 19.4 Å². The number of H-pyrrole nitrogens is 1. The van der Waals surface area contributed by atoms with E-state index in [0.29, 0.717) is 0 Å². The van der Waals surface area contributed by atoms with Gasteiger partial charge in [0.05, 0.1) is 17.3 Å². The second-order valence-electron chi connectivity index (χ2n) is 4.35. The molecule has 0 fully saturated rings. The van der Waals surface area contributed by atoms with Crippen LogP contribution in [0.3, 0.4) is 0 Å². The predicted molar refractivity (Wildman–Crippen MR) is 70.2 cm³/mol. The molecule has 0 bridgehead atoms. The van der Waals surface area contributed by atoms with E-state index in [4.69, 9.17) is 5.73 Å². The average molecular weight is 255 g/mol. The highest BCUT2D eigenvalue weighted by atomic mass is 35.5. The Bertz CT molecular complexity index is 529. The van der Waals surface area contributed by atoms with Crippen molar-refractivity contribution in [1.29, 1.82) is 0 Å². The Balaban J connectivity index is 0.00000144. The molecule has 0 aliphatic carbocycles. The zero-order chi connectivity index (χ0) is 11.8. The van der Waals surface area contributed by atoms with Crippen LogP contribution in [-0.2, 0) is 4.79 Å². The van der Waals surface area contributed by atoms with Crippen molar-refractivity contribution < 1.29 is 4.79 Å². The van der Waals surface area contributed by atoms with Gasteiger partial charge in [-0.05, 0) is 32.0 Å². The third-order valence-corrected chi connectivity index (χ3v) is 2.28. The Morgan fingerprint density at radius 3 is 2.82 bits per heavy atom. The van der Waals surface area contributed by atoms with Crippen LogP contribution < -0.4 is 11.1 Å². The number of carbonyl (C=O) groups is 1. The van der Waals surface area contributed by atoms with Gasteiger partial charge in [-0.1, -0.05) is 0 Å². The van der Waals surface area contributed by atoms with Crippen LogP contribution in [0.2, 0.25) is 0 Å². The quantitative estimate of drug-likeness (QED) is 0.762. The number of amides is 1. The first-order valence-electron chi connectivity index (χ1n) is 5.00. The first-order chi connectivity index (χ1) is 7.47. The number of hydrogen-bond donors (Lipinski definition) is 3. The van der Waals surface area contributed by atoms with Crippen LogP contribution in [0.1, 0.15) is 13.8 Å². The molecular weight excluding hydrogens is 240 g/mol. The summed E-state index contributed by atoms with van der Waals surface area (Å²) in [6.45, 7) is 3.33. The van der Waals surface area contributed by atoms with Crippen molar-refractivity contribution in [2.75, 3.05) is 5.32 Å². The lowest BCUT2D eigenvalue weighted by Gasteiger charge is -2.17. The number of nitrogens with zero attached hydrogens (tertiary/aromatic N) is 1. The lowest BCUT2D eigenvalue weighted by molar-refractivity contribution is -0.120. The Morgan fingerprint density at radius 1 is 1.47 bits per heavy atom. The van der Waals surface area contributed by atoms with Gasteiger partial charge in [-0.2, -0.15) is 5.10 Å². The van der Waals surface area contributed by atoms with Gasteiger partial charge in [0.2, 0.25) is 5.91 Å². The van der Waals surface area contributed by atoms with E-state index in [0.717, 1.165) is 16.6 Å². The van der Waals surface area contributed by atoms with Gasteiger partial charge in [0, 0.05) is 11.1 Å². The van der Waals surface area contributed by atoms with Crippen LogP contribution in [0, 0.1) is 0 Å². The Hall–Kier alpha value is -1.59. The van der Waals surface area contributed by atoms with Crippen molar-refractivity contribution in [1.82, 2.24) is 10.2 Å². The van der Waals surface area contributed by atoms with Crippen molar-refractivity contribution in [3.05, 3.63) is 24.4 Å². The van der Waals surface area contributed by atoms with Gasteiger partial charge in [-0.15, -0.1) is 12.4 Å². The number of rotatable bonds is 2. The van der Waals surface area contributed by atoms with Crippen LogP contribution in [0.15, 0.2) is 24.4 Å². The molecule has 0 aliphatic rings. The fourth-order valence-corrected chi connectivity index (χ4v) is 1.31. The average Bonchev–Trinajstić information content (AvgIpc) is 2.63. The lowest BCUT2D eigenvalue weighted by atomic mass is 10.1. The molecule has 0 saturated carbocycles. The summed E-state index contributed by atoms with van der Waals surface area (Å²) in [6.07, 6.45) is 1.71. The molecule has 2 rings (SSSR count). The third kappa shape index (κ3) is 2.95. The number of halogens is 1. The van der Waals surface area contributed by atoms with E-state index in [2.05, 4.69) is 15.5 Å². The van der Waals surface area contributed by atoms with E-state index < -0.39 is 5.54 Å². The van der Waals surface area contributed by atoms with Crippen molar-refractivity contribution in [3.63, 3.8) is 0 Å². The fourth-order valence-electron chi connectivity index (χ4n) is 1.31. The van der Waals surface area contributed by atoms with Gasteiger partial charge in [-0.3, -0.25) is 9.89 Å². The second-order valence-corrected chi connectivity index (χ2v) is 4.35. The van der Waals surface area contributed by atoms with Gasteiger partial charge in [0.1, 0.15) is 0 Å². The molecular formula is C11H15ClN4O. The van der Waals surface area contributed by atoms with E-state index in [9.17, 15) is 4.79 Å². The minimum absolute atomic E-state index is 0. The molecule has 0 radical (unpaired) electrons. The summed E-state index contributed by atoms with van der Waals surface area (Å²) in [4.78, 5) is 11.6. The van der Waals surface area contributed by atoms with E-state index in [1.54, 1.807) is 20.0 Å². The number of aromatic amines is 1. The predicted octanol–water partition coefficient (Wildman–Crippen LogP) is 1.66. The zero-order valence-corrected chi connectivity index (χ0v) is 10.5. The summed E-state index contributed by atoms with van der Waals surface area (Å²) in [5.74, 6) is -0.213. The van der Waals surface area contributed by atoms with Crippen molar-refractivity contribution in [2.24, 2.45) is 5.73 Å². The van der Waals surface area contributed by atoms with Crippen molar-refractivity contribution in [3.8, 4) is 0 Å². The summed E-state index contributed by atoms with van der Waals surface area (Å²) in [6, 6.07) is 5.52. The van der Waals surface area contributed by atoms with Crippen LogP contribution in [0.4, 0.5) is 5.69 Å². The molecule has 17 heavy (non-hydrogen) atoms. The zero-order valence-electron chi connectivity index (χ0n) is 9.65. The van der Waals surface area contributed by atoms with E-state index in [-0.39, 0.29) is 18.3 Å². The van der Waals surface area contributed by atoms with Crippen LogP contribution in [0.5, 0.6) is 0 Å². The number of anilines is 1. The number of carbonyl (C=O) groups excluding carboxylic acids is 1. The molecule has 2 aromatic rings. The summed E-state index contributed by atoms with van der Waals surface area (Å²) in [7, 11) is 0. The molecule has 1 heterocycles. The van der Waals surface area contributed by atoms with E-state index in [1.807, 2.05) is 18.2 Å². The Kier molecular flexibility index (Phi) is 3.75. The third-order valence-electron chi connectivity index (χ3n) is 2.28. The number of nitrogens with two attached hydrogens (primary N) is 1. The summed E-state index contributed by atoms with van der Waals surface area (Å²) in [5, 5.41) is 10.5.